The summed E-state index contributed by atoms with van der Waals surface area (Å²) in [6.45, 7) is 1.46. The van der Waals surface area contributed by atoms with Crippen LogP contribution in [0.2, 0.25) is 0 Å². The van der Waals surface area contributed by atoms with Gasteiger partial charge in [-0.25, -0.2) is 0 Å². The minimum atomic E-state index is -0.700. The van der Waals surface area contributed by atoms with Gasteiger partial charge in [0.15, 0.2) is 5.69 Å². The van der Waals surface area contributed by atoms with Gasteiger partial charge in [0, 0.05) is 5.56 Å². The number of aromatic amines is 1. The molecule has 0 spiro atoms. The van der Waals surface area contributed by atoms with Crippen molar-refractivity contribution in [3.05, 3.63) is 51.3 Å². The summed E-state index contributed by atoms with van der Waals surface area (Å²) in [6, 6.07) is 8.00. The van der Waals surface area contributed by atoms with E-state index in [0.717, 1.165) is 0 Å². The van der Waals surface area contributed by atoms with Gasteiger partial charge in [-0.1, -0.05) is 12.1 Å². The third-order valence-corrected chi connectivity index (χ3v) is 2.95. The van der Waals surface area contributed by atoms with Crippen LogP contribution in [0.25, 0.3) is 0 Å². The minimum absolute atomic E-state index is 0.100. The van der Waals surface area contributed by atoms with E-state index in [0.29, 0.717) is 0 Å². The van der Waals surface area contributed by atoms with Crippen molar-refractivity contribution in [1.82, 2.24) is 4.98 Å². The summed E-state index contributed by atoms with van der Waals surface area (Å²) in [4.78, 5) is 25.2. The highest BCUT2D eigenvalue weighted by Gasteiger charge is 2.14. The number of nitriles is 1. The molecule has 0 saturated heterocycles. The van der Waals surface area contributed by atoms with Crippen LogP contribution in [0.4, 0.5) is 11.4 Å². The van der Waals surface area contributed by atoms with Crippen LogP contribution in [-0.4, -0.2) is 16.0 Å². The van der Waals surface area contributed by atoms with E-state index in [1.165, 1.54) is 19.1 Å². The monoisotopic (exact) mass is 297 g/mol. The SMILES string of the molecule is Cc1c(C#N)c(O)[nH]c(=O)c1N=Nc1ccccc1C(N)=O. The van der Waals surface area contributed by atoms with Gasteiger partial charge in [-0.3, -0.25) is 14.6 Å². The lowest BCUT2D eigenvalue weighted by Crippen LogP contribution is -2.11. The predicted octanol–water partition coefficient (Wildman–Crippen LogP) is 1.77. The summed E-state index contributed by atoms with van der Waals surface area (Å²) in [7, 11) is 0. The standard InChI is InChI=1S/C14H11N5O3/c1-7-9(6-15)13(21)17-14(22)11(7)19-18-10-5-3-2-4-8(10)12(16)20/h2-5H,1H3,(H2,16,20)(H2,17,21,22). The summed E-state index contributed by atoms with van der Waals surface area (Å²) >= 11 is 0. The van der Waals surface area contributed by atoms with E-state index < -0.39 is 17.3 Å². The Bertz CT molecular complexity index is 877. The van der Waals surface area contributed by atoms with E-state index in [-0.39, 0.29) is 28.1 Å². The predicted molar refractivity (Wildman–Crippen MR) is 77.3 cm³/mol. The van der Waals surface area contributed by atoms with Crippen molar-refractivity contribution >= 4 is 17.3 Å². The largest absolute Gasteiger partial charge is 0.494 e. The number of hydrogen-bond donors (Lipinski definition) is 3. The molecular weight excluding hydrogens is 286 g/mol. The van der Waals surface area contributed by atoms with Gasteiger partial charge < -0.3 is 10.8 Å². The van der Waals surface area contributed by atoms with Crippen LogP contribution >= 0.6 is 0 Å². The molecule has 0 saturated carbocycles. The number of benzene rings is 1. The van der Waals surface area contributed by atoms with Crippen LogP contribution < -0.4 is 11.3 Å². The van der Waals surface area contributed by atoms with Gasteiger partial charge in [0.1, 0.15) is 11.6 Å². The Morgan fingerprint density at radius 2 is 2.05 bits per heavy atom. The Kier molecular flexibility index (Phi) is 3.99. The van der Waals surface area contributed by atoms with Gasteiger partial charge in [-0.2, -0.15) is 5.26 Å². The number of aromatic hydroxyl groups is 1. The van der Waals surface area contributed by atoms with Crippen molar-refractivity contribution in [3.63, 3.8) is 0 Å². The summed E-state index contributed by atoms with van der Waals surface area (Å²) in [5.74, 6) is -1.20. The molecule has 0 fully saturated rings. The molecule has 1 amide bonds. The molecule has 0 aliphatic carbocycles. The maximum absolute atomic E-state index is 11.8. The van der Waals surface area contributed by atoms with E-state index in [1.54, 1.807) is 18.2 Å². The normalized spacial score (nSPS) is 10.5. The van der Waals surface area contributed by atoms with Crippen LogP contribution in [0, 0.1) is 18.3 Å². The van der Waals surface area contributed by atoms with Gasteiger partial charge in [-0.05, 0) is 19.1 Å². The van der Waals surface area contributed by atoms with Gasteiger partial charge >= 0.3 is 0 Å². The molecular formula is C14H11N5O3. The van der Waals surface area contributed by atoms with Crippen molar-refractivity contribution in [2.24, 2.45) is 16.0 Å². The number of amides is 1. The average molecular weight is 297 g/mol. The number of nitrogens with two attached hydrogens (primary N) is 1. The number of pyridine rings is 1. The fourth-order valence-electron chi connectivity index (χ4n) is 1.83. The zero-order valence-corrected chi connectivity index (χ0v) is 11.5. The second kappa shape index (κ2) is 5.88. The fraction of sp³-hybridized carbons (Fsp3) is 0.0714. The molecule has 1 aromatic heterocycles. The van der Waals surface area contributed by atoms with Crippen LogP contribution in [-0.2, 0) is 0 Å². The van der Waals surface area contributed by atoms with Gasteiger partial charge in [0.2, 0.25) is 5.88 Å². The van der Waals surface area contributed by atoms with Gasteiger partial charge in [-0.15, -0.1) is 10.2 Å². The summed E-state index contributed by atoms with van der Waals surface area (Å²) < 4.78 is 0. The first-order valence-electron chi connectivity index (χ1n) is 6.12. The number of primary amides is 1. The lowest BCUT2D eigenvalue weighted by atomic mass is 10.1. The zero-order chi connectivity index (χ0) is 16.3. The highest BCUT2D eigenvalue weighted by atomic mass is 16.3. The lowest BCUT2D eigenvalue weighted by molar-refractivity contribution is 0.100. The van der Waals surface area contributed by atoms with Crippen LogP contribution in [0.3, 0.4) is 0 Å². The number of carbonyl (C=O) groups is 1. The number of azo groups is 1. The molecule has 2 rings (SSSR count). The molecule has 0 unspecified atom stereocenters. The van der Waals surface area contributed by atoms with Crippen molar-refractivity contribution in [1.29, 1.82) is 5.26 Å². The number of nitrogens with zero attached hydrogens (tertiary/aromatic N) is 3. The van der Waals surface area contributed by atoms with Crippen molar-refractivity contribution in [2.45, 2.75) is 6.92 Å². The molecule has 8 nitrogen and oxygen atoms in total. The summed E-state index contributed by atoms with van der Waals surface area (Å²) in [6.07, 6.45) is 0. The van der Waals surface area contributed by atoms with E-state index in [1.807, 2.05) is 0 Å². The van der Waals surface area contributed by atoms with Crippen molar-refractivity contribution < 1.29 is 9.90 Å². The maximum Gasteiger partial charge on any atom is 0.278 e. The van der Waals surface area contributed by atoms with Crippen molar-refractivity contribution in [2.75, 3.05) is 0 Å². The molecule has 4 N–H and O–H groups in total. The number of carbonyl (C=O) groups excluding carboxylic acids is 1. The molecule has 110 valence electrons. The second-order valence-corrected chi connectivity index (χ2v) is 4.34. The van der Waals surface area contributed by atoms with E-state index in [9.17, 15) is 14.7 Å². The molecule has 1 aromatic carbocycles. The molecule has 0 radical (unpaired) electrons. The summed E-state index contributed by atoms with van der Waals surface area (Å²) in [5.41, 5.74) is 4.82. The smallest absolute Gasteiger partial charge is 0.278 e. The Morgan fingerprint density at radius 3 is 2.68 bits per heavy atom. The molecule has 1 heterocycles. The first kappa shape index (κ1) is 14.9. The van der Waals surface area contributed by atoms with E-state index >= 15 is 0 Å². The van der Waals surface area contributed by atoms with Gasteiger partial charge in [0.25, 0.3) is 11.5 Å². The zero-order valence-electron chi connectivity index (χ0n) is 11.5. The minimum Gasteiger partial charge on any atom is -0.494 e. The highest BCUT2D eigenvalue weighted by molar-refractivity contribution is 5.97. The van der Waals surface area contributed by atoms with Crippen molar-refractivity contribution in [3.8, 4) is 11.9 Å². The maximum atomic E-state index is 11.8. The molecule has 2 aromatic rings. The van der Waals surface area contributed by atoms with Gasteiger partial charge in [0.05, 0.1) is 11.3 Å². The Hall–Kier alpha value is -3.47. The fourth-order valence-corrected chi connectivity index (χ4v) is 1.83. The number of aromatic nitrogens is 1. The number of H-pyrrole nitrogens is 1. The van der Waals surface area contributed by atoms with Crippen LogP contribution in [0.1, 0.15) is 21.5 Å². The molecule has 0 bridgehead atoms. The third-order valence-electron chi connectivity index (χ3n) is 2.95. The molecule has 0 aliphatic heterocycles. The van der Waals surface area contributed by atoms with Crippen LogP contribution in [0.15, 0.2) is 39.3 Å². The Labute approximate surface area is 124 Å². The lowest BCUT2D eigenvalue weighted by Gasteiger charge is -2.03. The van der Waals surface area contributed by atoms with Crippen LogP contribution in [0.5, 0.6) is 5.88 Å². The number of nitrogens with one attached hydrogen (secondary N) is 1. The number of hydrogen-bond acceptors (Lipinski definition) is 6. The van der Waals surface area contributed by atoms with E-state index in [4.69, 9.17) is 11.0 Å². The van der Waals surface area contributed by atoms with E-state index in [2.05, 4.69) is 15.2 Å². The average Bonchev–Trinajstić information content (AvgIpc) is 2.47. The first-order chi connectivity index (χ1) is 10.5. The topological polar surface area (TPSA) is 145 Å². The Balaban J connectivity index is 2.56. The quantitative estimate of drug-likeness (QED) is 0.741. The molecule has 22 heavy (non-hydrogen) atoms. The second-order valence-electron chi connectivity index (χ2n) is 4.34. The number of rotatable bonds is 3. The molecule has 0 atom stereocenters. The molecule has 0 aliphatic rings. The first-order valence-corrected chi connectivity index (χ1v) is 6.12. The highest BCUT2D eigenvalue weighted by Crippen LogP contribution is 2.25. The molecule has 8 heteroatoms. The Morgan fingerprint density at radius 1 is 1.36 bits per heavy atom. The third kappa shape index (κ3) is 2.69. The summed E-state index contributed by atoms with van der Waals surface area (Å²) in [5, 5.41) is 26.1.